The van der Waals surface area contributed by atoms with Gasteiger partial charge in [0.15, 0.2) is 9.84 Å². The Morgan fingerprint density at radius 3 is 2.64 bits per heavy atom. The Morgan fingerprint density at radius 2 is 2.11 bits per heavy atom. The van der Waals surface area contributed by atoms with Crippen LogP contribution in [0.1, 0.15) is 28.5 Å². The molecule has 0 aliphatic heterocycles. The van der Waals surface area contributed by atoms with Crippen LogP contribution in [0, 0.1) is 12.3 Å². The minimum Gasteiger partial charge on any atom is -0.404 e. The van der Waals surface area contributed by atoms with Crippen molar-refractivity contribution in [3.63, 3.8) is 0 Å². The zero-order valence-corrected chi connectivity index (χ0v) is 17.6. The van der Waals surface area contributed by atoms with Crippen molar-refractivity contribution >= 4 is 33.6 Å². The fourth-order valence-corrected chi connectivity index (χ4v) is 3.87. The molecule has 0 aliphatic rings. The molecule has 1 aromatic carbocycles. The number of esters is 1. The van der Waals surface area contributed by atoms with Crippen LogP contribution in [0.25, 0.3) is 0 Å². The average molecular weight is 426 g/mol. The van der Waals surface area contributed by atoms with Crippen LogP contribution in [0.3, 0.4) is 0 Å². The smallest absolute Gasteiger partial charge is 0.346 e. The van der Waals surface area contributed by atoms with E-state index in [1.807, 2.05) is 0 Å². The molecular formula is C18H22ClN4O4S+. The van der Waals surface area contributed by atoms with Crippen molar-refractivity contribution < 1.29 is 23.3 Å². The molecule has 0 saturated carbocycles. The molecule has 1 aromatic heterocycles. The molecule has 0 radical (unpaired) electrons. The summed E-state index contributed by atoms with van der Waals surface area (Å²) in [5, 5.41) is 13.0. The van der Waals surface area contributed by atoms with E-state index in [9.17, 15) is 13.2 Å². The molecule has 2 aromatic rings. The summed E-state index contributed by atoms with van der Waals surface area (Å²) in [6.07, 6.45) is 3.94. The van der Waals surface area contributed by atoms with Gasteiger partial charge >= 0.3 is 5.97 Å². The number of aromatic nitrogens is 2. The van der Waals surface area contributed by atoms with E-state index in [4.69, 9.17) is 21.7 Å². The maximum absolute atomic E-state index is 12.6. The summed E-state index contributed by atoms with van der Waals surface area (Å²) < 4.78 is 31.0. The fourth-order valence-electron chi connectivity index (χ4n) is 2.54. The van der Waals surface area contributed by atoms with E-state index in [1.165, 1.54) is 23.0 Å². The predicted octanol–water partition coefficient (Wildman–Crippen LogP) is 1.62. The molecule has 8 nitrogen and oxygen atoms in total. The van der Waals surface area contributed by atoms with Gasteiger partial charge in [-0.1, -0.05) is 11.6 Å². The maximum atomic E-state index is 12.6. The summed E-state index contributed by atoms with van der Waals surface area (Å²) in [7, 11) is -1.91. The number of allylic oxidation sites excluding steroid dienone is 1. The highest BCUT2D eigenvalue weighted by Gasteiger charge is 2.24. The van der Waals surface area contributed by atoms with Gasteiger partial charge in [0.05, 0.1) is 27.4 Å². The number of benzene rings is 1. The summed E-state index contributed by atoms with van der Waals surface area (Å²) in [5.74, 6) is -0.455. The third kappa shape index (κ3) is 5.06. The number of carbonyl (C=O) groups is 1. The first-order valence-electron chi connectivity index (χ1n) is 8.29. The number of carbonyl (C=O) groups excluding carboxylic acids is 1. The maximum Gasteiger partial charge on any atom is 0.346 e. The van der Waals surface area contributed by atoms with E-state index in [-0.39, 0.29) is 27.9 Å². The number of sulfone groups is 1. The Hall–Kier alpha value is -2.49. The minimum atomic E-state index is -3.55. The van der Waals surface area contributed by atoms with Gasteiger partial charge in [0.25, 0.3) is 0 Å². The monoisotopic (exact) mass is 425 g/mol. The largest absolute Gasteiger partial charge is 0.404 e. The van der Waals surface area contributed by atoms with Crippen LogP contribution in [-0.2, 0) is 23.4 Å². The fraction of sp³-hybridized carbons (Fsp3) is 0.278. The highest BCUT2D eigenvalue weighted by molar-refractivity contribution is 7.90. The number of rotatable bonds is 7. The number of nitrogens with zero attached hydrogens (tertiary/aromatic N) is 2. The number of halogens is 1. The number of hydrogen-bond acceptors (Lipinski definition) is 6. The lowest BCUT2D eigenvalue weighted by molar-refractivity contribution is -0.605. The van der Waals surface area contributed by atoms with E-state index in [0.717, 1.165) is 6.26 Å². The zero-order chi connectivity index (χ0) is 21.1. The van der Waals surface area contributed by atoms with E-state index in [0.29, 0.717) is 16.8 Å². The Labute approximate surface area is 168 Å². The molecule has 0 unspecified atom stereocenters. The van der Waals surface area contributed by atoms with Gasteiger partial charge in [-0.05, 0) is 26.0 Å². The van der Waals surface area contributed by atoms with Gasteiger partial charge in [-0.3, -0.25) is 0 Å². The molecule has 0 bridgehead atoms. The second-order valence-electron chi connectivity index (χ2n) is 6.31. The normalized spacial score (nSPS) is 12.1. The second-order valence-corrected chi connectivity index (χ2v) is 8.67. The molecule has 0 fully saturated rings. The summed E-state index contributed by atoms with van der Waals surface area (Å²) >= 11 is 6.40. The first-order valence-corrected chi connectivity index (χ1v) is 10.6. The van der Waals surface area contributed by atoms with E-state index >= 15 is 0 Å². The van der Waals surface area contributed by atoms with Crippen LogP contribution in [0.5, 0.6) is 5.88 Å². The first kappa shape index (κ1) is 21.8. The van der Waals surface area contributed by atoms with E-state index in [2.05, 4.69) is 5.10 Å². The summed E-state index contributed by atoms with van der Waals surface area (Å²) in [6, 6.07) is 4.30. The standard InChI is InChI=1S/C18H21ClN4O4S/c1-11(8-20)9-21-10-14-15(28(4,25)26)6-5-13(17(14)19)18(24)27-16-7-12(2)22-23(16)3/h5-9,20-21H,10H2,1-4H3/p+1. The van der Waals surface area contributed by atoms with Gasteiger partial charge in [-0.15, -0.1) is 0 Å². The number of hydrogen-bond donors (Lipinski definition) is 2. The molecule has 0 atom stereocenters. The van der Waals surface area contributed by atoms with Gasteiger partial charge in [-0.2, -0.15) is 5.10 Å². The molecule has 0 amide bonds. The predicted molar refractivity (Wildman–Crippen MR) is 106 cm³/mol. The summed E-state index contributed by atoms with van der Waals surface area (Å²) in [4.78, 5) is 12.6. The highest BCUT2D eigenvalue weighted by Crippen LogP contribution is 2.28. The molecule has 150 valence electrons. The quantitative estimate of drug-likeness (QED) is 0.516. The highest BCUT2D eigenvalue weighted by atomic mass is 35.5. The van der Waals surface area contributed by atoms with Crippen LogP contribution >= 0.6 is 11.6 Å². The molecule has 0 saturated heterocycles. The van der Waals surface area contributed by atoms with Crippen molar-refractivity contribution in [2.75, 3.05) is 6.26 Å². The van der Waals surface area contributed by atoms with Crippen LogP contribution < -0.4 is 10.1 Å². The van der Waals surface area contributed by atoms with Crippen molar-refractivity contribution in [3.05, 3.63) is 51.8 Å². The summed E-state index contributed by atoms with van der Waals surface area (Å²) in [5.41, 5.74) is 1.74. The third-order valence-electron chi connectivity index (χ3n) is 3.91. The van der Waals surface area contributed by atoms with Crippen LogP contribution in [-0.4, -0.2) is 36.6 Å². The minimum absolute atomic E-state index is 0.0176. The summed E-state index contributed by atoms with van der Waals surface area (Å²) in [6.45, 7) is 3.69. The van der Waals surface area contributed by atoms with E-state index in [1.54, 1.807) is 38.5 Å². The Kier molecular flexibility index (Phi) is 6.76. The van der Waals surface area contributed by atoms with Crippen molar-refractivity contribution in [1.29, 1.82) is 5.41 Å². The molecular weight excluding hydrogens is 404 g/mol. The number of quaternary nitrogens is 1. The first-order chi connectivity index (χ1) is 13.0. The van der Waals surface area contributed by atoms with Crippen LogP contribution in [0.15, 0.2) is 34.9 Å². The molecule has 3 N–H and O–H groups in total. The number of aryl methyl sites for hydroxylation is 2. The van der Waals surface area contributed by atoms with E-state index < -0.39 is 15.8 Å². The molecule has 28 heavy (non-hydrogen) atoms. The van der Waals surface area contributed by atoms with Crippen molar-refractivity contribution in [3.8, 4) is 5.88 Å². The van der Waals surface area contributed by atoms with Gasteiger partial charge in [-0.25, -0.2) is 17.9 Å². The zero-order valence-electron chi connectivity index (χ0n) is 16.0. The molecule has 1 heterocycles. The lowest BCUT2D eigenvalue weighted by Gasteiger charge is -2.12. The Bertz CT molecular complexity index is 1060. The number of nitrogens with two attached hydrogens (primary N) is 1. The van der Waals surface area contributed by atoms with Gasteiger partial charge in [0, 0.05) is 36.7 Å². The second kappa shape index (κ2) is 8.68. The molecule has 10 heteroatoms. The Balaban J connectivity index is 2.43. The van der Waals surface area contributed by atoms with Gasteiger partial charge in [0.2, 0.25) is 5.88 Å². The lowest BCUT2D eigenvalue weighted by atomic mass is 10.1. The molecule has 0 aliphatic carbocycles. The topological polar surface area (TPSA) is 119 Å². The Morgan fingerprint density at radius 1 is 1.43 bits per heavy atom. The number of nitrogens with one attached hydrogen (secondary N) is 1. The lowest BCUT2D eigenvalue weighted by Crippen LogP contribution is -2.76. The van der Waals surface area contributed by atoms with Crippen molar-refractivity contribution in [2.24, 2.45) is 7.05 Å². The van der Waals surface area contributed by atoms with Crippen molar-refractivity contribution in [2.45, 2.75) is 25.3 Å². The van der Waals surface area contributed by atoms with Crippen molar-refractivity contribution in [1.82, 2.24) is 9.78 Å². The van der Waals surface area contributed by atoms with Gasteiger partial charge in [0.1, 0.15) is 6.54 Å². The third-order valence-corrected chi connectivity index (χ3v) is 5.52. The van der Waals surface area contributed by atoms with Crippen LogP contribution in [0.2, 0.25) is 5.02 Å². The number of ether oxygens (including phenoxy) is 1. The van der Waals surface area contributed by atoms with Gasteiger partial charge < -0.3 is 15.5 Å². The average Bonchev–Trinajstić information content (AvgIpc) is 2.91. The molecule has 2 rings (SSSR count). The SMILES string of the molecule is CC(C=N)=C[NH2+]Cc1c(S(C)(=O)=O)ccc(C(=O)Oc2cc(C)nn2C)c1Cl. The molecule has 0 spiro atoms. The van der Waals surface area contributed by atoms with Crippen LogP contribution in [0.4, 0.5) is 0 Å².